The van der Waals surface area contributed by atoms with E-state index >= 15 is 0 Å². The molecule has 0 N–H and O–H groups in total. The largest absolute Gasteiger partial charge is 0.456 e. The minimum atomic E-state index is -0.352. The predicted octanol–water partition coefficient (Wildman–Crippen LogP) is 27.2. The Kier molecular flexibility index (Phi) is 14.3. The Morgan fingerprint density at radius 1 is 0.286 bits per heavy atom. The Labute approximate surface area is 648 Å². The quantitative estimate of drug-likeness (QED) is 0.119. The normalized spacial score (nSPS) is 12.4. The Bertz CT molecular complexity index is 7360. The smallest absolute Gasteiger partial charge is 0.252 e. The number of benzene rings is 17. The van der Waals surface area contributed by atoms with Crippen molar-refractivity contribution in [1.29, 1.82) is 5.26 Å². The molecule has 0 saturated heterocycles. The van der Waals surface area contributed by atoms with Gasteiger partial charge in [0.2, 0.25) is 0 Å². The Morgan fingerprint density at radius 2 is 0.723 bits per heavy atom. The van der Waals surface area contributed by atoms with Crippen LogP contribution in [-0.4, -0.2) is 6.71 Å². The van der Waals surface area contributed by atoms with Gasteiger partial charge in [-0.15, -0.1) is 11.3 Å². The zero-order valence-electron chi connectivity index (χ0n) is 60.2. The van der Waals surface area contributed by atoms with Crippen molar-refractivity contribution >= 4 is 172 Å². The van der Waals surface area contributed by atoms with E-state index in [0.717, 1.165) is 200 Å². The van der Waals surface area contributed by atoms with Crippen molar-refractivity contribution in [2.75, 3.05) is 14.7 Å². The van der Waals surface area contributed by atoms with Gasteiger partial charge in [0.25, 0.3) is 6.71 Å². The van der Waals surface area contributed by atoms with Gasteiger partial charge in [0.15, 0.2) is 0 Å². The van der Waals surface area contributed by atoms with Crippen molar-refractivity contribution in [3.63, 3.8) is 0 Å². The van der Waals surface area contributed by atoms with Crippen molar-refractivity contribution in [3.8, 4) is 72.8 Å². The molecule has 520 valence electrons. The molecule has 0 saturated carbocycles. The molecule has 21 aromatic rings. The van der Waals surface area contributed by atoms with E-state index in [4.69, 9.17) is 13.3 Å². The summed E-state index contributed by atoms with van der Waals surface area (Å²) in [6.07, 6.45) is 0. The molecule has 7 nitrogen and oxygen atoms in total. The summed E-state index contributed by atoms with van der Waals surface area (Å²) < 4.78 is 22.8. The van der Waals surface area contributed by atoms with Gasteiger partial charge in [0, 0.05) is 120 Å². The monoisotopic (exact) mass is 1440 g/mol. The maximum Gasteiger partial charge on any atom is 0.252 e. The molecule has 6 heterocycles. The first-order chi connectivity index (χ1) is 55.5. The lowest BCUT2D eigenvalue weighted by Gasteiger charge is -2.46. The molecule has 0 bridgehead atoms. The number of hydrogen-bond acceptors (Lipinski definition) is 8. The van der Waals surface area contributed by atoms with Gasteiger partial charge in [-0.3, -0.25) is 0 Å². The Morgan fingerprint density at radius 3 is 1.29 bits per heavy atom. The highest BCUT2D eigenvalue weighted by Crippen LogP contribution is 2.56. The molecule has 9 heteroatoms. The van der Waals surface area contributed by atoms with Crippen LogP contribution in [0, 0.1) is 11.3 Å². The van der Waals surface area contributed by atoms with Crippen molar-refractivity contribution in [1.82, 2.24) is 0 Å². The highest BCUT2D eigenvalue weighted by atomic mass is 32.1. The topological polar surface area (TPSA) is 72.9 Å². The number of thiophene rings is 1. The zero-order chi connectivity index (χ0) is 73.6. The number of para-hydroxylation sites is 6. The number of furan rings is 3. The number of nitrogens with zero attached hydrogens (tertiary/aromatic N) is 4. The van der Waals surface area contributed by atoms with Crippen LogP contribution in [0.4, 0.5) is 51.2 Å². The summed E-state index contributed by atoms with van der Waals surface area (Å²) in [4.78, 5) is 7.59. The third-order valence-corrected chi connectivity index (χ3v) is 24.2. The van der Waals surface area contributed by atoms with Crippen LogP contribution in [0.25, 0.3) is 153 Å². The fourth-order valence-electron chi connectivity index (χ4n) is 18.2. The van der Waals surface area contributed by atoms with E-state index in [2.05, 4.69) is 360 Å². The van der Waals surface area contributed by atoms with E-state index in [9.17, 15) is 5.26 Å². The summed E-state index contributed by atoms with van der Waals surface area (Å²) in [5.41, 5.74) is 30.9. The molecule has 0 unspecified atom stereocenters. The Hall–Kier alpha value is -14.7. The number of fused-ring (bicyclic) bond motifs is 18. The predicted molar refractivity (Wildman–Crippen MR) is 467 cm³/mol. The lowest BCUT2D eigenvalue weighted by atomic mass is 9.33. The summed E-state index contributed by atoms with van der Waals surface area (Å²) in [7, 11) is 0. The molecular formula is C103H61BN4O3S. The second kappa shape index (κ2) is 25.2. The summed E-state index contributed by atoms with van der Waals surface area (Å²) in [5, 5.41) is 19.1. The van der Waals surface area contributed by atoms with Crippen LogP contribution < -0.4 is 31.1 Å². The molecule has 0 amide bonds. The first-order valence-corrected chi connectivity index (χ1v) is 38.8. The van der Waals surface area contributed by atoms with Crippen LogP contribution in [0.1, 0.15) is 5.56 Å². The molecule has 4 aromatic heterocycles. The van der Waals surface area contributed by atoms with Gasteiger partial charge >= 0.3 is 0 Å². The lowest BCUT2D eigenvalue weighted by molar-refractivity contribution is 0.663. The number of hydrogen-bond donors (Lipinski definition) is 0. The second-order valence-electron chi connectivity index (χ2n) is 29.2. The highest BCUT2D eigenvalue weighted by molar-refractivity contribution is 7.26. The highest BCUT2D eigenvalue weighted by Gasteiger charge is 2.46. The van der Waals surface area contributed by atoms with Gasteiger partial charge in [-0.1, -0.05) is 261 Å². The minimum absolute atomic E-state index is 0.352. The third kappa shape index (κ3) is 9.79. The van der Waals surface area contributed by atoms with Crippen molar-refractivity contribution < 1.29 is 13.3 Å². The first-order valence-electron chi connectivity index (χ1n) is 37.9. The first kappa shape index (κ1) is 63.4. The van der Waals surface area contributed by atoms with E-state index in [1.165, 1.54) is 20.2 Å². The third-order valence-electron chi connectivity index (χ3n) is 23.1. The van der Waals surface area contributed by atoms with Crippen molar-refractivity contribution in [2.45, 2.75) is 0 Å². The molecule has 2 aliphatic heterocycles. The molecule has 0 atom stereocenters. The number of anilines is 9. The summed E-state index contributed by atoms with van der Waals surface area (Å²) in [6, 6.07) is 137. The Balaban J connectivity index is 0.869. The maximum atomic E-state index is 10.3. The van der Waals surface area contributed by atoms with E-state index < -0.39 is 0 Å². The zero-order valence-corrected chi connectivity index (χ0v) is 61.0. The molecule has 112 heavy (non-hydrogen) atoms. The van der Waals surface area contributed by atoms with Gasteiger partial charge in [-0.2, -0.15) is 5.26 Å². The summed E-state index contributed by atoms with van der Waals surface area (Å²) in [5.74, 6) is 0. The summed E-state index contributed by atoms with van der Waals surface area (Å²) >= 11 is 1.83. The lowest BCUT2D eigenvalue weighted by Crippen LogP contribution is -2.61. The van der Waals surface area contributed by atoms with Gasteiger partial charge in [-0.25, -0.2) is 0 Å². The van der Waals surface area contributed by atoms with Crippen molar-refractivity contribution in [3.05, 3.63) is 376 Å². The molecule has 0 radical (unpaired) electrons. The van der Waals surface area contributed by atoms with Crippen LogP contribution in [0.2, 0.25) is 0 Å². The van der Waals surface area contributed by atoms with E-state index in [-0.39, 0.29) is 6.71 Å². The molecular weight excluding hydrogens is 1380 g/mol. The van der Waals surface area contributed by atoms with Gasteiger partial charge in [-0.05, 0) is 165 Å². The van der Waals surface area contributed by atoms with Gasteiger partial charge in [0.05, 0.1) is 23.0 Å². The van der Waals surface area contributed by atoms with Crippen LogP contribution in [0.15, 0.2) is 383 Å². The van der Waals surface area contributed by atoms with Gasteiger partial charge < -0.3 is 28.0 Å². The maximum absolute atomic E-state index is 10.3. The number of rotatable bonds is 11. The van der Waals surface area contributed by atoms with Gasteiger partial charge in [0.1, 0.15) is 33.5 Å². The molecule has 17 aromatic carbocycles. The van der Waals surface area contributed by atoms with E-state index in [0.29, 0.717) is 5.56 Å². The minimum Gasteiger partial charge on any atom is -0.456 e. The standard InChI is InChI=1S/C103H61BN4O3S/c105-62-63-43-47-72(48-44-63)106(71-31-14-5-15-32-71)73-49-52-84-86(61-73)108(102-76(66-27-10-3-11-28-66)37-21-38-77(102)67-29-12-4-13-30-67)88-59-70(68-45-50-81-95(60-68)112-94-56-55-92-97(99(81)94)80-34-17-19-42-90(80)110-92)58-87-100(88)104(84)83-51-46-69(78-39-22-40-82-98-93(111-103(78)82)54-53-91-96(98)79-33-16-18-41-89(79)109-91)57-85(83)107(87)101-74(64-23-6-1-7-24-64)35-20-36-75(101)65-25-8-2-9-26-65/h1-61H. The van der Waals surface area contributed by atoms with E-state index in [1.807, 2.05) is 41.7 Å². The van der Waals surface area contributed by atoms with Crippen LogP contribution in [0.3, 0.4) is 0 Å². The fraction of sp³-hybridized carbons (Fsp3) is 0. The van der Waals surface area contributed by atoms with E-state index in [1.54, 1.807) is 0 Å². The molecule has 23 rings (SSSR count). The SMILES string of the molecule is N#Cc1ccc(N(c2ccccc2)c2ccc3c(c2)N(c2c(-c4ccccc4)cccc2-c2ccccc2)c2cc(-c4ccc5c(c4)sc4ccc6oc7ccccc7c6c45)cc4c2B3c2ccc(-c3cccc5c3oc3ccc6oc7ccccc7c6c35)cc2N4c2c(-c3ccccc3)cccc2-c2ccccc2)cc1. The van der Waals surface area contributed by atoms with Crippen LogP contribution in [0.5, 0.6) is 0 Å². The summed E-state index contributed by atoms with van der Waals surface area (Å²) in [6.45, 7) is -0.352. The second-order valence-corrected chi connectivity index (χ2v) is 30.2. The molecule has 2 aliphatic rings. The van der Waals surface area contributed by atoms with Crippen LogP contribution >= 0.6 is 11.3 Å². The molecule has 0 spiro atoms. The fourth-order valence-corrected chi connectivity index (χ4v) is 19.4. The van der Waals surface area contributed by atoms with Crippen molar-refractivity contribution in [2.24, 2.45) is 0 Å². The molecule has 0 aliphatic carbocycles. The average Bonchev–Trinajstić information content (AvgIpc) is 0.743. The van der Waals surface area contributed by atoms with Crippen LogP contribution in [-0.2, 0) is 0 Å². The number of nitriles is 1. The molecule has 0 fully saturated rings. The average molecular weight is 1450 g/mol.